The molecule has 0 saturated heterocycles. The van der Waals surface area contributed by atoms with E-state index in [1.165, 1.54) is 18.2 Å². The summed E-state index contributed by atoms with van der Waals surface area (Å²) in [4.78, 5) is 35.0. The molecule has 3 rings (SSSR count). The van der Waals surface area contributed by atoms with Crippen molar-refractivity contribution < 1.29 is 19.2 Å². The molecule has 0 aliphatic heterocycles. The number of benzene rings is 3. The second-order valence-corrected chi connectivity index (χ2v) is 6.29. The highest BCUT2D eigenvalue weighted by molar-refractivity contribution is 5.99. The van der Waals surface area contributed by atoms with Crippen LogP contribution in [0.15, 0.2) is 72.8 Å². The number of esters is 1. The van der Waals surface area contributed by atoms with Gasteiger partial charge in [-0.15, -0.1) is 0 Å². The summed E-state index contributed by atoms with van der Waals surface area (Å²) in [5.74, 6) is -1.21. The number of nitrogens with one attached hydrogen (secondary N) is 1. The molecule has 29 heavy (non-hydrogen) atoms. The molecular formula is C22H18N2O5. The number of carbonyl (C=O) groups is 2. The minimum absolute atomic E-state index is 0.139. The highest BCUT2D eigenvalue weighted by atomic mass is 16.6. The molecule has 0 aliphatic rings. The number of amides is 1. The first-order valence-corrected chi connectivity index (χ1v) is 8.82. The van der Waals surface area contributed by atoms with Gasteiger partial charge < -0.3 is 10.1 Å². The number of nitro groups is 1. The zero-order chi connectivity index (χ0) is 20.8. The fourth-order valence-corrected chi connectivity index (χ4v) is 2.78. The molecule has 1 amide bonds. The first kappa shape index (κ1) is 19.8. The minimum Gasteiger partial charge on any atom is -0.452 e. The van der Waals surface area contributed by atoms with Crippen LogP contribution in [0.2, 0.25) is 0 Å². The fourth-order valence-electron chi connectivity index (χ4n) is 2.78. The number of rotatable bonds is 6. The number of non-ortho nitro benzene ring substituents is 1. The van der Waals surface area contributed by atoms with E-state index in [0.29, 0.717) is 22.4 Å². The summed E-state index contributed by atoms with van der Waals surface area (Å²) >= 11 is 0. The van der Waals surface area contributed by atoms with Gasteiger partial charge in [0, 0.05) is 12.1 Å². The number of anilines is 1. The Balaban J connectivity index is 1.68. The summed E-state index contributed by atoms with van der Waals surface area (Å²) in [6.07, 6.45) is 0. The summed E-state index contributed by atoms with van der Waals surface area (Å²) in [7, 11) is 0. The Bertz CT molecular complexity index is 1060. The van der Waals surface area contributed by atoms with Crippen LogP contribution in [-0.4, -0.2) is 23.4 Å². The van der Waals surface area contributed by atoms with Gasteiger partial charge in [0.2, 0.25) is 0 Å². The smallest absolute Gasteiger partial charge is 0.339 e. The molecule has 0 atom stereocenters. The molecule has 3 aromatic carbocycles. The van der Waals surface area contributed by atoms with Crippen molar-refractivity contribution in [3.8, 4) is 11.1 Å². The number of aryl methyl sites for hydroxylation is 1. The largest absolute Gasteiger partial charge is 0.452 e. The van der Waals surface area contributed by atoms with Crippen molar-refractivity contribution >= 4 is 23.3 Å². The Kier molecular flexibility index (Phi) is 5.99. The van der Waals surface area contributed by atoms with E-state index in [9.17, 15) is 19.7 Å². The molecule has 0 fully saturated rings. The van der Waals surface area contributed by atoms with Gasteiger partial charge in [-0.1, -0.05) is 54.6 Å². The lowest BCUT2D eigenvalue weighted by molar-refractivity contribution is -0.384. The van der Waals surface area contributed by atoms with Crippen LogP contribution in [0.1, 0.15) is 15.9 Å². The van der Waals surface area contributed by atoms with Crippen molar-refractivity contribution in [1.82, 2.24) is 0 Å². The molecule has 1 N–H and O–H groups in total. The maximum absolute atomic E-state index is 12.5. The van der Waals surface area contributed by atoms with Gasteiger partial charge >= 0.3 is 5.97 Å². The van der Waals surface area contributed by atoms with Crippen LogP contribution in [0.4, 0.5) is 11.4 Å². The van der Waals surface area contributed by atoms with E-state index in [-0.39, 0.29) is 5.69 Å². The highest BCUT2D eigenvalue weighted by Gasteiger charge is 2.16. The molecule has 0 unspecified atom stereocenters. The second kappa shape index (κ2) is 8.79. The Hall–Kier alpha value is -4.00. The quantitative estimate of drug-likeness (QED) is 0.383. The van der Waals surface area contributed by atoms with E-state index in [1.807, 2.05) is 36.4 Å². The molecule has 7 nitrogen and oxygen atoms in total. The Labute approximate surface area is 167 Å². The normalized spacial score (nSPS) is 10.2. The predicted molar refractivity (Wildman–Crippen MR) is 109 cm³/mol. The monoisotopic (exact) mass is 390 g/mol. The number of carbonyl (C=O) groups excluding carboxylic acids is 2. The van der Waals surface area contributed by atoms with Crippen LogP contribution in [0.3, 0.4) is 0 Å². The van der Waals surface area contributed by atoms with Crippen molar-refractivity contribution in [3.63, 3.8) is 0 Å². The van der Waals surface area contributed by atoms with E-state index in [2.05, 4.69) is 5.32 Å². The lowest BCUT2D eigenvalue weighted by Gasteiger charge is -2.11. The van der Waals surface area contributed by atoms with E-state index in [0.717, 1.165) is 5.56 Å². The van der Waals surface area contributed by atoms with Crippen LogP contribution in [0.25, 0.3) is 11.1 Å². The molecule has 0 aromatic heterocycles. The first-order chi connectivity index (χ1) is 14.0. The van der Waals surface area contributed by atoms with Gasteiger partial charge in [-0.05, 0) is 29.7 Å². The van der Waals surface area contributed by atoms with Crippen LogP contribution in [0, 0.1) is 17.0 Å². The van der Waals surface area contributed by atoms with Crippen LogP contribution in [0.5, 0.6) is 0 Å². The number of hydrogen-bond donors (Lipinski definition) is 1. The van der Waals surface area contributed by atoms with Crippen LogP contribution >= 0.6 is 0 Å². The van der Waals surface area contributed by atoms with Crippen LogP contribution < -0.4 is 5.32 Å². The zero-order valence-corrected chi connectivity index (χ0v) is 15.6. The molecule has 0 spiro atoms. The third-order valence-electron chi connectivity index (χ3n) is 4.27. The molecular weight excluding hydrogens is 372 g/mol. The third-order valence-corrected chi connectivity index (χ3v) is 4.27. The van der Waals surface area contributed by atoms with Crippen LogP contribution in [-0.2, 0) is 9.53 Å². The summed E-state index contributed by atoms with van der Waals surface area (Å²) in [6, 6.07) is 20.5. The summed E-state index contributed by atoms with van der Waals surface area (Å²) < 4.78 is 5.16. The molecule has 7 heteroatoms. The zero-order valence-electron chi connectivity index (χ0n) is 15.6. The average Bonchev–Trinajstić information content (AvgIpc) is 2.74. The summed E-state index contributed by atoms with van der Waals surface area (Å²) in [6.45, 7) is 1.20. The average molecular weight is 390 g/mol. The maximum atomic E-state index is 12.5. The van der Waals surface area contributed by atoms with Crippen molar-refractivity contribution in [2.24, 2.45) is 0 Å². The van der Waals surface area contributed by atoms with E-state index >= 15 is 0 Å². The molecule has 0 radical (unpaired) electrons. The third kappa shape index (κ3) is 4.84. The molecule has 0 bridgehead atoms. The van der Waals surface area contributed by atoms with E-state index in [1.54, 1.807) is 25.1 Å². The van der Waals surface area contributed by atoms with Crippen molar-refractivity contribution in [1.29, 1.82) is 0 Å². The molecule has 0 aliphatic carbocycles. The van der Waals surface area contributed by atoms with Gasteiger partial charge in [-0.2, -0.15) is 0 Å². The number of nitrogens with zero attached hydrogens (tertiary/aromatic N) is 1. The van der Waals surface area contributed by atoms with Gasteiger partial charge in [0.1, 0.15) is 0 Å². The van der Waals surface area contributed by atoms with Crippen molar-refractivity contribution in [2.45, 2.75) is 6.92 Å². The highest BCUT2D eigenvalue weighted by Crippen LogP contribution is 2.24. The molecule has 0 heterocycles. The predicted octanol–water partition coefficient (Wildman–Crippen LogP) is 4.37. The van der Waals surface area contributed by atoms with Gasteiger partial charge in [0.05, 0.1) is 16.2 Å². The summed E-state index contributed by atoms with van der Waals surface area (Å²) in [5, 5.41) is 13.4. The second-order valence-electron chi connectivity index (χ2n) is 6.29. The maximum Gasteiger partial charge on any atom is 0.339 e. The fraction of sp³-hybridized carbons (Fsp3) is 0.0909. The SMILES string of the molecule is Cc1ccc([N+](=O)[O-])cc1NC(=O)COC(=O)c1ccccc1-c1ccccc1. The minimum atomic E-state index is -0.629. The lowest BCUT2D eigenvalue weighted by Crippen LogP contribution is -2.21. The Morgan fingerprint density at radius 3 is 2.41 bits per heavy atom. The van der Waals surface area contributed by atoms with Crippen molar-refractivity contribution in [3.05, 3.63) is 94.0 Å². The van der Waals surface area contributed by atoms with Gasteiger partial charge in [0.15, 0.2) is 6.61 Å². The van der Waals surface area contributed by atoms with E-state index in [4.69, 9.17) is 4.74 Å². The molecule has 3 aromatic rings. The number of hydrogen-bond acceptors (Lipinski definition) is 5. The van der Waals surface area contributed by atoms with Gasteiger partial charge in [-0.3, -0.25) is 14.9 Å². The molecule has 0 saturated carbocycles. The number of ether oxygens (including phenoxy) is 1. The first-order valence-electron chi connectivity index (χ1n) is 8.82. The number of nitro benzene ring substituents is 1. The summed E-state index contributed by atoms with van der Waals surface area (Å²) in [5.41, 5.74) is 2.72. The standard InChI is InChI=1S/C22H18N2O5/c1-15-11-12-17(24(27)28)13-20(15)23-21(25)14-29-22(26)19-10-6-5-9-18(19)16-7-3-2-4-8-16/h2-13H,14H2,1H3,(H,23,25). The Morgan fingerprint density at radius 2 is 1.69 bits per heavy atom. The van der Waals surface area contributed by atoms with E-state index < -0.39 is 23.4 Å². The topological polar surface area (TPSA) is 98.5 Å². The van der Waals surface area contributed by atoms with Crippen molar-refractivity contribution in [2.75, 3.05) is 11.9 Å². The lowest BCUT2D eigenvalue weighted by atomic mass is 10.00. The molecule has 146 valence electrons. The van der Waals surface area contributed by atoms with Gasteiger partial charge in [-0.25, -0.2) is 4.79 Å². The van der Waals surface area contributed by atoms with Gasteiger partial charge in [0.25, 0.3) is 11.6 Å². The Morgan fingerprint density at radius 1 is 1.00 bits per heavy atom.